The van der Waals surface area contributed by atoms with Gasteiger partial charge in [0.1, 0.15) is 0 Å². The number of piperazine rings is 1. The highest BCUT2D eigenvalue weighted by molar-refractivity contribution is 5.34. The van der Waals surface area contributed by atoms with Crippen molar-refractivity contribution in [3.05, 3.63) is 35.4 Å². The van der Waals surface area contributed by atoms with Crippen LogP contribution >= 0.6 is 0 Å². The molecule has 0 aromatic heterocycles. The molecule has 1 aliphatic carbocycles. The molecule has 0 amide bonds. The molecule has 3 rings (SSSR count). The Hall–Kier alpha value is -0.900. The second-order valence-electron chi connectivity index (χ2n) is 6.26. The van der Waals surface area contributed by atoms with E-state index in [4.69, 9.17) is 5.73 Å². The number of benzene rings is 1. The topological polar surface area (TPSA) is 32.5 Å². The van der Waals surface area contributed by atoms with Crippen molar-refractivity contribution in [1.29, 1.82) is 0 Å². The van der Waals surface area contributed by atoms with Crippen LogP contribution in [0.15, 0.2) is 24.3 Å². The van der Waals surface area contributed by atoms with Gasteiger partial charge in [0.2, 0.25) is 0 Å². The van der Waals surface area contributed by atoms with Crippen LogP contribution in [0.4, 0.5) is 0 Å². The maximum absolute atomic E-state index is 5.89. The van der Waals surface area contributed by atoms with E-state index in [0.717, 1.165) is 13.1 Å². The van der Waals surface area contributed by atoms with Crippen molar-refractivity contribution in [2.24, 2.45) is 5.73 Å². The van der Waals surface area contributed by atoms with E-state index < -0.39 is 0 Å². The fourth-order valence-corrected chi connectivity index (χ4v) is 2.99. The molecular weight excluding hydrogens is 234 g/mol. The van der Waals surface area contributed by atoms with Gasteiger partial charge >= 0.3 is 0 Å². The third-order valence-electron chi connectivity index (χ3n) is 4.81. The lowest BCUT2D eigenvalue weighted by Gasteiger charge is -2.32. The summed E-state index contributed by atoms with van der Waals surface area (Å²) in [5, 5.41) is 0. The van der Waals surface area contributed by atoms with Crippen LogP contribution in [0.25, 0.3) is 0 Å². The summed E-state index contributed by atoms with van der Waals surface area (Å²) >= 11 is 0. The first-order valence-electron chi connectivity index (χ1n) is 7.42. The highest BCUT2D eigenvalue weighted by Gasteiger charge is 2.42. The van der Waals surface area contributed by atoms with Crippen LogP contribution in [-0.4, -0.2) is 49.6 Å². The largest absolute Gasteiger partial charge is 0.330 e. The Balaban J connectivity index is 1.60. The molecule has 1 aromatic rings. The molecule has 3 heteroatoms. The van der Waals surface area contributed by atoms with Gasteiger partial charge in [0.15, 0.2) is 0 Å². The van der Waals surface area contributed by atoms with Crippen molar-refractivity contribution < 1.29 is 0 Å². The van der Waals surface area contributed by atoms with Crippen molar-refractivity contribution in [3.8, 4) is 0 Å². The van der Waals surface area contributed by atoms with E-state index in [1.165, 1.54) is 50.1 Å². The molecule has 1 saturated carbocycles. The number of hydrogen-bond acceptors (Lipinski definition) is 3. The molecule has 1 heterocycles. The van der Waals surface area contributed by atoms with Gasteiger partial charge in [-0.2, -0.15) is 0 Å². The zero-order valence-corrected chi connectivity index (χ0v) is 11.9. The van der Waals surface area contributed by atoms with Gasteiger partial charge in [0.05, 0.1) is 0 Å². The van der Waals surface area contributed by atoms with E-state index in [0.29, 0.717) is 5.41 Å². The third kappa shape index (κ3) is 2.83. The SMILES string of the molecule is CN1CCN(Cc2ccc(C3(CN)CC3)cc2)CC1. The first-order valence-corrected chi connectivity index (χ1v) is 7.42. The summed E-state index contributed by atoms with van der Waals surface area (Å²) in [5.41, 5.74) is 9.09. The Bertz CT molecular complexity index is 414. The summed E-state index contributed by atoms with van der Waals surface area (Å²) in [6.45, 7) is 6.63. The Morgan fingerprint density at radius 2 is 1.68 bits per heavy atom. The van der Waals surface area contributed by atoms with Crippen molar-refractivity contribution in [2.75, 3.05) is 39.8 Å². The second kappa shape index (κ2) is 5.23. The van der Waals surface area contributed by atoms with Crippen LogP contribution < -0.4 is 5.73 Å². The summed E-state index contributed by atoms with van der Waals surface area (Å²) in [4.78, 5) is 4.95. The van der Waals surface area contributed by atoms with E-state index in [1.54, 1.807) is 0 Å². The standard InChI is InChI=1S/C16H25N3/c1-18-8-10-19(11-9-18)12-14-2-4-15(5-3-14)16(13-17)6-7-16/h2-5H,6-13,17H2,1H3. The first kappa shape index (κ1) is 13.1. The Morgan fingerprint density at radius 1 is 1.05 bits per heavy atom. The summed E-state index contributed by atoms with van der Waals surface area (Å²) in [5.74, 6) is 0. The van der Waals surface area contributed by atoms with Crippen molar-refractivity contribution >= 4 is 0 Å². The molecule has 0 atom stereocenters. The minimum absolute atomic E-state index is 0.326. The fourth-order valence-electron chi connectivity index (χ4n) is 2.99. The number of hydrogen-bond donors (Lipinski definition) is 1. The molecule has 0 bridgehead atoms. The van der Waals surface area contributed by atoms with Crippen molar-refractivity contribution in [1.82, 2.24) is 9.80 Å². The van der Waals surface area contributed by atoms with Gasteiger partial charge < -0.3 is 10.6 Å². The molecule has 2 aliphatic rings. The molecule has 1 aliphatic heterocycles. The Kier molecular flexibility index (Phi) is 3.61. The predicted molar refractivity (Wildman–Crippen MR) is 79.2 cm³/mol. The Labute approximate surface area is 116 Å². The van der Waals surface area contributed by atoms with Gasteiger partial charge in [-0.15, -0.1) is 0 Å². The maximum atomic E-state index is 5.89. The molecule has 1 saturated heterocycles. The minimum atomic E-state index is 0.326. The van der Waals surface area contributed by atoms with Gasteiger partial charge in [-0.25, -0.2) is 0 Å². The molecule has 3 nitrogen and oxygen atoms in total. The number of rotatable bonds is 4. The first-order chi connectivity index (χ1) is 9.22. The average Bonchev–Trinajstić information content (AvgIpc) is 3.23. The van der Waals surface area contributed by atoms with Crippen molar-refractivity contribution in [2.45, 2.75) is 24.8 Å². The Morgan fingerprint density at radius 3 is 2.21 bits per heavy atom. The molecule has 1 aromatic carbocycles. The normalized spacial score (nSPS) is 23.5. The lowest BCUT2D eigenvalue weighted by atomic mass is 9.95. The molecular formula is C16H25N3. The van der Waals surface area contributed by atoms with Crippen LogP contribution in [0.3, 0.4) is 0 Å². The van der Waals surface area contributed by atoms with E-state index in [9.17, 15) is 0 Å². The van der Waals surface area contributed by atoms with E-state index in [2.05, 4.69) is 41.1 Å². The summed E-state index contributed by atoms with van der Waals surface area (Å²) in [7, 11) is 2.20. The zero-order chi connectivity index (χ0) is 13.3. The maximum Gasteiger partial charge on any atom is 0.0234 e. The molecule has 19 heavy (non-hydrogen) atoms. The monoisotopic (exact) mass is 259 g/mol. The van der Waals surface area contributed by atoms with Crippen LogP contribution in [0.2, 0.25) is 0 Å². The minimum Gasteiger partial charge on any atom is -0.330 e. The quantitative estimate of drug-likeness (QED) is 0.888. The fraction of sp³-hybridized carbons (Fsp3) is 0.625. The lowest BCUT2D eigenvalue weighted by molar-refractivity contribution is 0.148. The van der Waals surface area contributed by atoms with E-state index in [1.807, 2.05) is 0 Å². The highest BCUT2D eigenvalue weighted by atomic mass is 15.2. The van der Waals surface area contributed by atoms with Crippen LogP contribution in [0, 0.1) is 0 Å². The summed E-state index contributed by atoms with van der Waals surface area (Å²) in [6.07, 6.45) is 2.53. The summed E-state index contributed by atoms with van der Waals surface area (Å²) in [6, 6.07) is 9.18. The van der Waals surface area contributed by atoms with Crippen LogP contribution in [0.5, 0.6) is 0 Å². The molecule has 104 valence electrons. The molecule has 0 radical (unpaired) electrons. The summed E-state index contributed by atoms with van der Waals surface area (Å²) < 4.78 is 0. The number of nitrogens with two attached hydrogens (primary N) is 1. The molecule has 0 spiro atoms. The van der Waals surface area contributed by atoms with Crippen molar-refractivity contribution in [3.63, 3.8) is 0 Å². The van der Waals surface area contributed by atoms with Crippen LogP contribution in [0.1, 0.15) is 24.0 Å². The smallest absolute Gasteiger partial charge is 0.0234 e. The van der Waals surface area contributed by atoms with Gasteiger partial charge in [-0.3, -0.25) is 4.90 Å². The number of likely N-dealkylation sites (N-methyl/N-ethyl adjacent to an activating group) is 1. The van der Waals surface area contributed by atoms with E-state index >= 15 is 0 Å². The average molecular weight is 259 g/mol. The van der Waals surface area contributed by atoms with Gasteiger partial charge in [0, 0.05) is 44.7 Å². The van der Waals surface area contributed by atoms with Crippen LogP contribution in [-0.2, 0) is 12.0 Å². The van der Waals surface area contributed by atoms with Gasteiger partial charge in [-0.1, -0.05) is 24.3 Å². The predicted octanol–water partition coefficient (Wildman–Crippen LogP) is 1.42. The van der Waals surface area contributed by atoms with E-state index in [-0.39, 0.29) is 0 Å². The molecule has 2 N–H and O–H groups in total. The molecule has 0 unspecified atom stereocenters. The van der Waals surface area contributed by atoms with Gasteiger partial charge in [0.25, 0.3) is 0 Å². The number of nitrogens with zero attached hydrogens (tertiary/aromatic N) is 2. The highest BCUT2D eigenvalue weighted by Crippen LogP contribution is 2.47. The zero-order valence-electron chi connectivity index (χ0n) is 11.9. The third-order valence-corrected chi connectivity index (χ3v) is 4.81. The van der Waals surface area contributed by atoms with Gasteiger partial charge in [-0.05, 0) is 31.0 Å². The lowest BCUT2D eigenvalue weighted by Crippen LogP contribution is -2.43. The molecule has 2 fully saturated rings. The second-order valence-corrected chi connectivity index (χ2v) is 6.26.